The van der Waals surface area contributed by atoms with Gasteiger partial charge >= 0.3 is 42.1 Å². The van der Waals surface area contributed by atoms with Crippen molar-refractivity contribution in [3.05, 3.63) is 0 Å². The molecule has 0 radical (unpaired) electrons. The molecule has 0 aliphatic carbocycles. The molecule has 132 valence electrons. The first-order chi connectivity index (χ1) is 8.00. The smallest absolute Gasteiger partial charge is 0.759 e. The van der Waals surface area contributed by atoms with Crippen molar-refractivity contribution in [1.29, 1.82) is 0 Å². The maximum Gasteiger partial charge on any atom is 4.00 e. The Morgan fingerprint density at radius 2 is 0.318 bits per heavy atom. The monoisotopic (exact) mass is 580 g/mol. The van der Waals surface area contributed by atoms with Crippen LogP contribution in [0.3, 0.4) is 0 Å². The largest absolute Gasteiger partial charge is 4.00 e. The van der Waals surface area contributed by atoms with Gasteiger partial charge in [-0.25, -0.2) is 0 Å². The molecule has 16 nitrogen and oxygen atoms in total. The molecule has 22 heavy (non-hydrogen) atoms. The van der Waals surface area contributed by atoms with Gasteiger partial charge in [-0.15, -0.1) is 0 Å². The zero-order chi connectivity index (χ0) is 18.0. The van der Waals surface area contributed by atoms with E-state index in [0.717, 1.165) is 0 Å². The second-order valence-electron chi connectivity index (χ2n) is 1.63. The van der Waals surface area contributed by atoms with Gasteiger partial charge in [-0.05, 0) is 0 Å². The summed E-state index contributed by atoms with van der Waals surface area (Å²) in [6.45, 7) is 0. The van der Waals surface area contributed by atoms with E-state index in [2.05, 4.69) is 0 Å². The van der Waals surface area contributed by atoms with Gasteiger partial charge in [0.05, 0.1) is 0 Å². The molecule has 0 aromatic heterocycles. The molecule has 0 aromatic carbocycles. The van der Waals surface area contributed by atoms with E-state index in [1.807, 2.05) is 0 Å². The van der Waals surface area contributed by atoms with E-state index in [1.165, 1.54) is 0 Å². The first kappa shape index (κ1) is 38.4. The topological polar surface area (TPSA) is 321 Å². The molecule has 22 heteroatoms. The van der Waals surface area contributed by atoms with Crippen molar-refractivity contribution in [3.8, 4) is 0 Å². The van der Waals surface area contributed by atoms with Gasteiger partial charge in [0.15, 0.2) is 0 Å². The Morgan fingerprint density at radius 1 is 0.318 bits per heavy atom. The molecule has 0 spiro atoms. The zero-order valence-corrected chi connectivity index (χ0v) is 16.3. The number of rotatable bonds is 0. The van der Waals surface area contributed by atoms with Crippen LogP contribution in [0.1, 0.15) is 0 Å². The molecule has 0 rings (SSSR count). The van der Waals surface area contributed by atoms with Crippen LogP contribution in [-0.4, -0.2) is 70.1 Å². The third kappa shape index (κ3) is 11200. The molecule has 0 aliphatic rings. The van der Waals surface area contributed by atoms with Gasteiger partial charge in [-0.2, -0.15) is 0 Å². The number of hydrogen-bond acceptors (Lipinski definition) is 16. The third-order valence-corrected chi connectivity index (χ3v) is 0. The minimum absolute atomic E-state index is 0. The Kier molecular flexibility index (Phi) is 26.9. The molecule has 0 fully saturated rings. The van der Waals surface area contributed by atoms with Crippen molar-refractivity contribution in [2.45, 2.75) is 0 Å². The van der Waals surface area contributed by atoms with Crippen molar-refractivity contribution in [2.24, 2.45) is 0 Å². The van der Waals surface area contributed by atoms with E-state index in [1.54, 1.807) is 0 Å². The van der Waals surface area contributed by atoms with Gasteiger partial charge in [-0.1, -0.05) is 0 Å². The Hall–Kier alpha value is 0.857. The summed E-state index contributed by atoms with van der Waals surface area (Å²) in [6, 6.07) is 0. The standard InChI is InChI=1S/2Mo.4H2O4S/c;;4*1-5(2,3)4/h;;4*(H2,1,2,3,4)/q2*+4;;;;/p-8. The molecular formula is Mo2O16S4. The number of hydrogen-bond donors (Lipinski definition) is 0. The summed E-state index contributed by atoms with van der Waals surface area (Å²) in [4.78, 5) is 0. The molecule has 0 heterocycles. The molecular weight excluding hydrogens is 576 g/mol. The van der Waals surface area contributed by atoms with Crippen molar-refractivity contribution in [3.63, 3.8) is 0 Å². The van der Waals surface area contributed by atoms with Crippen LogP contribution >= 0.6 is 0 Å². The minimum atomic E-state index is -5.17. The molecule has 0 saturated heterocycles. The van der Waals surface area contributed by atoms with Crippen molar-refractivity contribution in [2.75, 3.05) is 0 Å². The fourth-order valence-electron chi connectivity index (χ4n) is 0. The average Bonchev–Trinajstić information content (AvgIpc) is 1.62. The summed E-state index contributed by atoms with van der Waals surface area (Å²) in [7, 11) is -20.7. The Balaban J connectivity index is -0.0000000376. The van der Waals surface area contributed by atoms with Crippen molar-refractivity contribution in [1.82, 2.24) is 0 Å². The normalized spacial score (nSPS) is 10.5. The van der Waals surface area contributed by atoms with Crippen molar-refractivity contribution < 1.29 is 112 Å². The first-order valence-corrected chi connectivity index (χ1v) is 8.00. The molecule has 0 amide bonds. The Labute approximate surface area is 153 Å². The molecule has 0 saturated carbocycles. The van der Waals surface area contributed by atoms with E-state index < -0.39 is 41.6 Å². The van der Waals surface area contributed by atoms with Crippen LogP contribution in [0.2, 0.25) is 0 Å². The van der Waals surface area contributed by atoms with Crippen LogP contribution in [0.4, 0.5) is 0 Å². The molecule has 0 bridgehead atoms. The average molecular weight is 576 g/mol. The van der Waals surface area contributed by atoms with Gasteiger partial charge in [-0.3, -0.25) is 33.7 Å². The van der Waals surface area contributed by atoms with E-state index >= 15 is 0 Å². The van der Waals surface area contributed by atoms with E-state index in [0.29, 0.717) is 0 Å². The maximum absolute atomic E-state index is 8.52. The van der Waals surface area contributed by atoms with E-state index in [-0.39, 0.29) is 42.1 Å². The second kappa shape index (κ2) is 15.4. The first-order valence-electron chi connectivity index (χ1n) is 2.67. The summed E-state index contributed by atoms with van der Waals surface area (Å²) in [5.41, 5.74) is 0. The quantitative estimate of drug-likeness (QED) is 0.148. The molecule has 0 aliphatic heterocycles. The van der Waals surface area contributed by atoms with Crippen LogP contribution in [-0.2, 0) is 83.7 Å². The summed E-state index contributed by atoms with van der Waals surface area (Å²) >= 11 is 0. The fourth-order valence-corrected chi connectivity index (χ4v) is 0. The van der Waals surface area contributed by atoms with Gasteiger partial charge < -0.3 is 36.4 Å². The van der Waals surface area contributed by atoms with E-state index in [4.69, 9.17) is 70.1 Å². The van der Waals surface area contributed by atoms with Crippen molar-refractivity contribution >= 4 is 41.6 Å². The molecule has 0 aromatic rings. The summed E-state index contributed by atoms with van der Waals surface area (Å²) in [5.74, 6) is 0. The molecule has 0 N–H and O–H groups in total. The Bertz CT molecular complexity index is 477. The maximum atomic E-state index is 8.52. The molecule has 0 atom stereocenters. The van der Waals surface area contributed by atoms with Gasteiger partial charge in [0.1, 0.15) is 0 Å². The molecule has 0 unspecified atom stereocenters. The third-order valence-electron chi connectivity index (χ3n) is 0. The van der Waals surface area contributed by atoms with Crippen LogP contribution in [0.25, 0.3) is 0 Å². The van der Waals surface area contributed by atoms with Gasteiger partial charge in [0, 0.05) is 41.6 Å². The second-order valence-corrected chi connectivity index (χ2v) is 4.90. The van der Waals surface area contributed by atoms with Crippen LogP contribution < -0.4 is 0 Å². The predicted molar refractivity (Wildman–Crippen MR) is 41.9 cm³/mol. The van der Waals surface area contributed by atoms with Gasteiger partial charge in [0.25, 0.3) is 0 Å². The fraction of sp³-hybridized carbons (Fsp3) is 0. The van der Waals surface area contributed by atoms with Crippen LogP contribution in [0.15, 0.2) is 0 Å². The minimum Gasteiger partial charge on any atom is -0.759 e. The summed E-state index contributed by atoms with van der Waals surface area (Å²) < 4.78 is 136. The SMILES string of the molecule is O=S(=O)([O-])[O-].O=S(=O)([O-])[O-].O=S(=O)([O-])[O-].O=S(=O)([O-])[O-].[Mo+4].[Mo+4]. The van der Waals surface area contributed by atoms with Crippen LogP contribution in [0, 0.1) is 0 Å². The van der Waals surface area contributed by atoms with E-state index in [9.17, 15) is 0 Å². The summed E-state index contributed by atoms with van der Waals surface area (Å²) in [6.07, 6.45) is 0. The zero-order valence-electron chi connectivity index (χ0n) is 8.98. The van der Waals surface area contributed by atoms with Gasteiger partial charge in [0.2, 0.25) is 0 Å². The Morgan fingerprint density at radius 3 is 0.318 bits per heavy atom. The predicted octanol–water partition coefficient (Wildman–Crippen LogP) is -5.36. The summed E-state index contributed by atoms with van der Waals surface area (Å²) in [5, 5.41) is 0. The van der Waals surface area contributed by atoms with Crippen LogP contribution in [0.5, 0.6) is 0 Å².